The zero-order chi connectivity index (χ0) is 13.2. The first-order valence-corrected chi connectivity index (χ1v) is 6.86. The second-order valence-electron chi connectivity index (χ2n) is 4.57. The molecule has 0 bridgehead atoms. The SMILES string of the molecule is O=C(NCc1ccc(F)cc1)c1snnc1C1CC1. The van der Waals surface area contributed by atoms with Crippen LogP contribution in [0.3, 0.4) is 0 Å². The molecule has 3 rings (SSSR count). The van der Waals surface area contributed by atoms with Gasteiger partial charge in [0.25, 0.3) is 5.91 Å². The minimum absolute atomic E-state index is 0.152. The largest absolute Gasteiger partial charge is 0.347 e. The van der Waals surface area contributed by atoms with Gasteiger partial charge in [-0.25, -0.2) is 4.39 Å². The van der Waals surface area contributed by atoms with Gasteiger partial charge < -0.3 is 5.32 Å². The molecule has 1 fully saturated rings. The van der Waals surface area contributed by atoms with Crippen molar-refractivity contribution in [3.05, 3.63) is 46.2 Å². The quantitative estimate of drug-likeness (QED) is 0.934. The van der Waals surface area contributed by atoms with Gasteiger partial charge in [-0.05, 0) is 42.1 Å². The summed E-state index contributed by atoms with van der Waals surface area (Å²) in [6, 6.07) is 6.07. The van der Waals surface area contributed by atoms with E-state index in [1.54, 1.807) is 12.1 Å². The standard InChI is InChI=1S/C13H12FN3OS/c14-10-5-1-8(2-6-10)7-15-13(18)12-11(9-3-4-9)16-17-19-12/h1-2,5-6,9H,3-4,7H2,(H,15,18). The normalized spacial score (nSPS) is 14.4. The van der Waals surface area contributed by atoms with E-state index < -0.39 is 0 Å². The third-order valence-corrected chi connectivity index (χ3v) is 3.79. The van der Waals surface area contributed by atoms with E-state index in [9.17, 15) is 9.18 Å². The predicted octanol–water partition coefficient (Wildman–Crippen LogP) is 2.48. The first-order valence-electron chi connectivity index (χ1n) is 6.09. The van der Waals surface area contributed by atoms with Crippen LogP contribution in [-0.4, -0.2) is 15.5 Å². The molecular weight excluding hydrogens is 265 g/mol. The Hall–Kier alpha value is -1.82. The Kier molecular flexibility index (Phi) is 3.25. The number of aromatic nitrogens is 2. The Morgan fingerprint density at radius 3 is 2.79 bits per heavy atom. The van der Waals surface area contributed by atoms with E-state index in [0.717, 1.165) is 35.6 Å². The molecule has 1 saturated carbocycles. The summed E-state index contributed by atoms with van der Waals surface area (Å²) in [4.78, 5) is 12.6. The number of carbonyl (C=O) groups excluding carboxylic acids is 1. The Balaban J connectivity index is 1.64. The molecule has 0 radical (unpaired) electrons. The molecule has 0 aliphatic heterocycles. The minimum atomic E-state index is -0.280. The van der Waals surface area contributed by atoms with E-state index in [2.05, 4.69) is 14.9 Å². The molecule has 2 aromatic rings. The van der Waals surface area contributed by atoms with Crippen molar-refractivity contribution in [2.75, 3.05) is 0 Å². The number of hydrogen-bond acceptors (Lipinski definition) is 4. The lowest BCUT2D eigenvalue weighted by molar-refractivity contribution is 0.0954. The smallest absolute Gasteiger partial charge is 0.265 e. The third-order valence-electron chi connectivity index (χ3n) is 3.05. The van der Waals surface area contributed by atoms with E-state index in [0.29, 0.717) is 17.3 Å². The molecule has 0 saturated heterocycles. The summed E-state index contributed by atoms with van der Waals surface area (Å²) in [7, 11) is 0. The van der Waals surface area contributed by atoms with Gasteiger partial charge in [0.05, 0.1) is 5.69 Å². The van der Waals surface area contributed by atoms with Gasteiger partial charge in [0.1, 0.15) is 10.7 Å². The minimum Gasteiger partial charge on any atom is -0.347 e. The molecule has 98 valence electrons. The number of carbonyl (C=O) groups is 1. The van der Waals surface area contributed by atoms with Gasteiger partial charge in [-0.15, -0.1) is 5.10 Å². The maximum Gasteiger partial charge on any atom is 0.265 e. The van der Waals surface area contributed by atoms with Crippen molar-refractivity contribution in [1.82, 2.24) is 14.9 Å². The number of nitrogens with zero attached hydrogens (tertiary/aromatic N) is 2. The van der Waals surface area contributed by atoms with Crippen LogP contribution in [0, 0.1) is 5.82 Å². The summed E-state index contributed by atoms with van der Waals surface area (Å²) in [5.41, 5.74) is 1.68. The third kappa shape index (κ3) is 2.78. The highest BCUT2D eigenvalue weighted by molar-refractivity contribution is 7.08. The first kappa shape index (κ1) is 12.2. The molecule has 1 heterocycles. The maximum absolute atomic E-state index is 12.8. The fourth-order valence-corrected chi connectivity index (χ4v) is 2.51. The number of amides is 1. The van der Waals surface area contributed by atoms with E-state index in [1.807, 2.05) is 0 Å². The zero-order valence-corrected chi connectivity index (χ0v) is 10.9. The predicted molar refractivity (Wildman–Crippen MR) is 69.5 cm³/mol. The zero-order valence-electron chi connectivity index (χ0n) is 10.1. The summed E-state index contributed by atoms with van der Waals surface area (Å²) in [6.45, 7) is 0.376. The second kappa shape index (κ2) is 5.05. The van der Waals surface area contributed by atoms with Gasteiger partial charge in [0, 0.05) is 12.5 Å². The summed E-state index contributed by atoms with van der Waals surface area (Å²) in [5, 5.41) is 6.84. The van der Waals surface area contributed by atoms with Crippen molar-refractivity contribution in [3.63, 3.8) is 0 Å². The number of halogens is 1. The Morgan fingerprint density at radius 2 is 2.11 bits per heavy atom. The van der Waals surface area contributed by atoms with E-state index in [1.165, 1.54) is 12.1 Å². The van der Waals surface area contributed by atoms with Crippen LogP contribution in [0.2, 0.25) is 0 Å². The Morgan fingerprint density at radius 1 is 1.37 bits per heavy atom. The van der Waals surface area contributed by atoms with Crippen molar-refractivity contribution in [2.24, 2.45) is 0 Å². The van der Waals surface area contributed by atoms with E-state index >= 15 is 0 Å². The second-order valence-corrected chi connectivity index (χ2v) is 5.32. The highest BCUT2D eigenvalue weighted by Crippen LogP contribution is 2.41. The lowest BCUT2D eigenvalue weighted by atomic mass is 10.2. The van der Waals surface area contributed by atoms with Crippen LogP contribution in [-0.2, 0) is 6.54 Å². The fraction of sp³-hybridized carbons (Fsp3) is 0.308. The van der Waals surface area contributed by atoms with Crippen molar-refractivity contribution >= 4 is 17.4 Å². The molecule has 19 heavy (non-hydrogen) atoms. The summed E-state index contributed by atoms with van der Waals surface area (Å²) in [5.74, 6) is -0.0238. The van der Waals surface area contributed by atoms with Crippen LogP contribution in [0.5, 0.6) is 0 Å². The maximum atomic E-state index is 12.8. The van der Waals surface area contributed by atoms with Gasteiger partial charge >= 0.3 is 0 Å². The molecule has 1 aliphatic rings. The fourth-order valence-electron chi connectivity index (χ4n) is 1.84. The van der Waals surface area contributed by atoms with Crippen molar-refractivity contribution < 1.29 is 9.18 Å². The summed E-state index contributed by atoms with van der Waals surface area (Å²) >= 11 is 1.13. The van der Waals surface area contributed by atoms with E-state index in [-0.39, 0.29) is 11.7 Å². The summed E-state index contributed by atoms with van der Waals surface area (Å²) < 4.78 is 16.6. The topological polar surface area (TPSA) is 54.9 Å². The average Bonchev–Trinajstić information content (AvgIpc) is 3.15. The van der Waals surface area contributed by atoms with Gasteiger partial charge in [-0.3, -0.25) is 4.79 Å². The van der Waals surface area contributed by atoms with Crippen LogP contribution in [0.15, 0.2) is 24.3 Å². The van der Waals surface area contributed by atoms with Gasteiger partial charge in [0.2, 0.25) is 0 Å². The Labute approximate surface area is 113 Å². The van der Waals surface area contributed by atoms with Gasteiger partial charge in [-0.1, -0.05) is 16.6 Å². The van der Waals surface area contributed by atoms with Crippen molar-refractivity contribution in [2.45, 2.75) is 25.3 Å². The first-order chi connectivity index (χ1) is 9.24. The van der Waals surface area contributed by atoms with Crippen molar-refractivity contribution in [3.8, 4) is 0 Å². The molecule has 1 amide bonds. The number of nitrogens with one attached hydrogen (secondary N) is 1. The van der Waals surface area contributed by atoms with Gasteiger partial charge in [0.15, 0.2) is 0 Å². The molecule has 1 aromatic carbocycles. The molecule has 0 spiro atoms. The van der Waals surface area contributed by atoms with Gasteiger partial charge in [-0.2, -0.15) is 0 Å². The van der Waals surface area contributed by atoms with Crippen LogP contribution in [0.25, 0.3) is 0 Å². The van der Waals surface area contributed by atoms with E-state index in [4.69, 9.17) is 0 Å². The van der Waals surface area contributed by atoms with Crippen LogP contribution >= 0.6 is 11.5 Å². The lowest BCUT2D eigenvalue weighted by Gasteiger charge is -2.04. The van der Waals surface area contributed by atoms with Crippen molar-refractivity contribution in [1.29, 1.82) is 0 Å². The van der Waals surface area contributed by atoms with Crippen LogP contribution in [0.4, 0.5) is 4.39 Å². The molecule has 4 nitrogen and oxygen atoms in total. The highest BCUT2D eigenvalue weighted by atomic mass is 32.1. The molecule has 0 unspecified atom stereocenters. The number of hydrogen-bond donors (Lipinski definition) is 1. The highest BCUT2D eigenvalue weighted by Gasteiger charge is 2.31. The average molecular weight is 277 g/mol. The van der Waals surface area contributed by atoms with Crippen LogP contribution in [0.1, 0.15) is 39.7 Å². The molecule has 0 atom stereocenters. The Bertz CT molecular complexity index is 592. The lowest BCUT2D eigenvalue weighted by Crippen LogP contribution is -2.22. The molecule has 1 aliphatic carbocycles. The number of benzene rings is 1. The molecular formula is C13H12FN3OS. The molecule has 6 heteroatoms. The van der Waals surface area contributed by atoms with Crippen LogP contribution < -0.4 is 5.32 Å². The summed E-state index contributed by atoms with van der Waals surface area (Å²) in [6.07, 6.45) is 2.17. The number of rotatable bonds is 4. The monoisotopic (exact) mass is 277 g/mol. The molecule has 1 aromatic heterocycles. The molecule has 1 N–H and O–H groups in total.